The number of nitrogens with zero attached hydrogens (tertiary/aromatic N) is 2. The van der Waals surface area contributed by atoms with E-state index in [4.69, 9.17) is 0 Å². The monoisotopic (exact) mass is 486 g/mol. The van der Waals surface area contributed by atoms with Gasteiger partial charge in [0.15, 0.2) is 0 Å². The topological polar surface area (TPSA) is 25.8 Å². The summed E-state index contributed by atoms with van der Waals surface area (Å²) in [5, 5.41) is 0. The Labute approximate surface area is 223 Å². The van der Waals surface area contributed by atoms with Crippen molar-refractivity contribution < 1.29 is 0 Å². The van der Waals surface area contributed by atoms with Crippen molar-refractivity contribution in [2.45, 2.75) is 11.8 Å². The maximum Gasteiger partial charge on any atom is 0.0719 e. The van der Waals surface area contributed by atoms with Crippen LogP contribution in [0.15, 0.2) is 146 Å². The van der Waals surface area contributed by atoms with Crippen LogP contribution in [0, 0.1) is 0 Å². The molecule has 38 heavy (non-hydrogen) atoms. The van der Waals surface area contributed by atoms with E-state index in [0.717, 1.165) is 17.5 Å². The van der Waals surface area contributed by atoms with E-state index in [1.54, 1.807) is 0 Å². The van der Waals surface area contributed by atoms with Crippen LogP contribution in [0.5, 0.6) is 0 Å². The van der Waals surface area contributed by atoms with Crippen LogP contribution in [-0.2, 0) is 11.8 Å². The molecule has 0 unspecified atom stereocenters. The van der Waals surface area contributed by atoms with Crippen LogP contribution in [0.2, 0.25) is 0 Å². The molecule has 0 saturated heterocycles. The first kappa shape index (κ1) is 22.4. The fourth-order valence-electron chi connectivity index (χ4n) is 6.34. The molecule has 0 fully saturated rings. The van der Waals surface area contributed by atoms with E-state index >= 15 is 0 Å². The lowest BCUT2D eigenvalue weighted by atomic mass is 9.57. The average molecular weight is 487 g/mol. The molecule has 1 aliphatic carbocycles. The van der Waals surface area contributed by atoms with E-state index in [1.165, 1.54) is 44.5 Å². The van der Waals surface area contributed by atoms with Gasteiger partial charge in [0.1, 0.15) is 0 Å². The van der Waals surface area contributed by atoms with Gasteiger partial charge in [0, 0.05) is 24.8 Å². The van der Waals surface area contributed by atoms with Crippen molar-refractivity contribution in [1.29, 1.82) is 0 Å². The van der Waals surface area contributed by atoms with Crippen molar-refractivity contribution >= 4 is 0 Å². The maximum absolute atomic E-state index is 4.31. The van der Waals surface area contributed by atoms with Crippen LogP contribution in [0.25, 0.3) is 22.3 Å². The molecule has 1 aliphatic rings. The molecular weight excluding hydrogens is 460 g/mol. The first-order valence-corrected chi connectivity index (χ1v) is 13.0. The van der Waals surface area contributed by atoms with E-state index in [9.17, 15) is 0 Å². The second-order valence-corrected chi connectivity index (χ2v) is 9.80. The Morgan fingerprint density at radius 3 is 1.21 bits per heavy atom. The third-order valence-corrected chi connectivity index (χ3v) is 7.87. The summed E-state index contributed by atoms with van der Waals surface area (Å²) in [5.41, 5.74) is 12.2. The fraction of sp³-hybridized carbons (Fsp3) is 0.0556. The second-order valence-electron chi connectivity index (χ2n) is 9.80. The number of fused-ring (bicyclic) bond motifs is 2. The lowest BCUT2D eigenvalue weighted by Crippen LogP contribution is -2.37. The highest BCUT2D eigenvalue weighted by Gasteiger charge is 2.46. The highest BCUT2D eigenvalue weighted by Crippen LogP contribution is 2.54. The highest BCUT2D eigenvalue weighted by atomic mass is 14.6. The van der Waals surface area contributed by atoms with Crippen LogP contribution < -0.4 is 0 Å². The lowest BCUT2D eigenvalue weighted by molar-refractivity contribution is 0.706. The molecule has 2 heterocycles. The van der Waals surface area contributed by atoms with Crippen LogP contribution in [0.1, 0.15) is 33.4 Å². The van der Waals surface area contributed by atoms with E-state index in [1.807, 2.05) is 24.8 Å². The summed E-state index contributed by atoms with van der Waals surface area (Å²) in [4.78, 5) is 8.62. The predicted octanol–water partition coefficient (Wildman–Crippen LogP) is 8.10. The highest BCUT2D eigenvalue weighted by molar-refractivity contribution is 5.81. The van der Waals surface area contributed by atoms with E-state index < -0.39 is 5.41 Å². The lowest BCUT2D eigenvalue weighted by Gasteiger charge is -2.44. The van der Waals surface area contributed by atoms with Crippen molar-refractivity contribution in [2.24, 2.45) is 0 Å². The summed E-state index contributed by atoms with van der Waals surface area (Å²) < 4.78 is 0. The zero-order chi connectivity index (χ0) is 25.4. The summed E-state index contributed by atoms with van der Waals surface area (Å²) in [6.07, 6.45) is 8.45. The van der Waals surface area contributed by atoms with Crippen molar-refractivity contribution in [3.8, 4) is 22.3 Å². The van der Waals surface area contributed by atoms with Gasteiger partial charge in [0.25, 0.3) is 0 Å². The van der Waals surface area contributed by atoms with Gasteiger partial charge in [-0.2, -0.15) is 0 Å². The zero-order valence-corrected chi connectivity index (χ0v) is 21.0. The zero-order valence-electron chi connectivity index (χ0n) is 21.0. The smallest absolute Gasteiger partial charge is 0.0719 e. The van der Waals surface area contributed by atoms with Crippen molar-refractivity contribution in [3.05, 3.63) is 179 Å². The molecule has 0 N–H and O–H groups in total. The fourth-order valence-corrected chi connectivity index (χ4v) is 6.34. The molecule has 0 aliphatic heterocycles. The second kappa shape index (κ2) is 9.24. The first-order chi connectivity index (χ1) is 18.9. The molecule has 4 aromatic carbocycles. The first-order valence-electron chi connectivity index (χ1n) is 13.0. The van der Waals surface area contributed by atoms with Gasteiger partial charge < -0.3 is 0 Å². The molecule has 0 saturated carbocycles. The molecule has 0 atom stereocenters. The third kappa shape index (κ3) is 3.42. The SMILES string of the molecule is c1ccc2c(c1)Cc1ccccc1C2(c1ccccc1-c1ccncc1)c1ccccc1-c1ccncc1. The van der Waals surface area contributed by atoms with Gasteiger partial charge >= 0.3 is 0 Å². The number of pyridine rings is 2. The minimum atomic E-state index is -0.523. The van der Waals surface area contributed by atoms with Crippen LogP contribution in [0.4, 0.5) is 0 Å². The van der Waals surface area contributed by atoms with Gasteiger partial charge in [0.2, 0.25) is 0 Å². The summed E-state index contributed by atoms with van der Waals surface area (Å²) in [5.74, 6) is 0. The van der Waals surface area contributed by atoms with Crippen molar-refractivity contribution in [1.82, 2.24) is 9.97 Å². The number of hydrogen-bond donors (Lipinski definition) is 0. The molecule has 6 aromatic rings. The van der Waals surface area contributed by atoms with Gasteiger partial charge in [-0.25, -0.2) is 0 Å². The Morgan fingerprint density at radius 1 is 0.395 bits per heavy atom. The summed E-state index contributed by atoms with van der Waals surface area (Å²) in [7, 11) is 0. The Hall–Kier alpha value is -4.82. The molecule has 0 spiro atoms. The molecule has 0 amide bonds. The molecule has 0 radical (unpaired) electrons. The Bertz CT molecular complexity index is 1610. The number of rotatable bonds is 4. The molecule has 0 bridgehead atoms. The molecule has 180 valence electrons. The molecule has 7 rings (SSSR count). The standard InChI is InChI=1S/C36H26N2/c1-5-13-32-28(9-1)25-29-10-2-6-14-33(29)36(32,34-15-7-3-11-30(34)26-17-21-37-22-18-26)35-16-8-4-12-31(35)27-19-23-38-24-20-27/h1-24H,25H2. The van der Waals surface area contributed by atoms with Gasteiger partial charge in [-0.1, -0.05) is 97.1 Å². The quantitative estimate of drug-likeness (QED) is 0.251. The van der Waals surface area contributed by atoms with E-state index in [2.05, 4.69) is 131 Å². The summed E-state index contributed by atoms with van der Waals surface area (Å²) in [6.45, 7) is 0. The maximum atomic E-state index is 4.31. The van der Waals surface area contributed by atoms with Gasteiger partial charge in [-0.3, -0.25) is 9.97 Å². The normalized spacial score (nSPS) is 13.4. The van der Waals surface area contributed by atoms with Crippen LogP contribution >= 0.6 is 0 Å². The van der Waals surface area contributed by atoms with Crippen molar-refractivity contribution in [3.63, 3.8) is 0 Å². The summed E-state index contributed by atoms with van der Waals surface area (Å²) in [6, 6.07) is 44.2. The number of aromatic nitrogens is 2. The Morgan fingerprint density at radius 2 is 0.763 bits per heavy atom. The average Bonchev–Trinajstić information content (AvgIpc) is 3.01. The largest absolute Gasteiger partial charge is 0.265 e. The van der Waals surface area contributed by atoms with Gasteiger partial charge in [-0.05, 0) is 86.3 Å². The van der Waals surface area contributed by atoms with Gasteiger partial charge in [-0.15, -0.1) is 0 Å². The number of hydrogen-bond acceptors (Lipinski definition) is 2. The molecular formula is C36H26N2. The summed E-state index contributed by atoms with van der Waals surface area (Å²) >= 11 is 0. The van der Waals surface area contributed by atoms with E-state index in [-0.39, 0.29) is 0 Å². The minimum Gasteiger partial charge on any atom is -0.265 e. The predicted molar refractivity (Wildman–Crippen MR) is 154 cm³/mol. The third-order valence-electron chi connectivity index (χ3n) is 7.87. The molecule has 2 nitrogen and oxygen atoms in total. The Kier molecular flexibility index (Phi) is 5.44. The van der Waals surface area contributed by atoms with Crippen LogP contribution in [0.3, 0.4) is 0 Å². The molecule has 2 aromatic heterocycles. The van der Waals surface area contributed by atoms with E-state index in [0.29, 0.717) is 0 Å². The van der Waals surface area contributed by atoms with Gasteiger partial charge in [0.05, 0.1) is 5.41 Å². The number of benzene rings is 4. The van der Waals surface area contributed by atoms with Crippen molar-refractivity contribution in [2.75, 3.05) is 0 Å². The Balaban J connectivity index is 1.68. The minimum absolute atomic E-state index is 0.523. The van der Waals surface area contributed by atoms with Crippen LogP contribution in [-0.4, -0.2) is 9.97 Å². The molecule has 2 heteroatoms.